The van der Waals surface area contributed by atoms with Gasteiger partial charge in [0.05, 0.1) is 0 Å². The van der Waals surface area contributed by atoms with Crippen molar-refractivity contribution >= 4 is 29.7 Å². The lowest BCUT2D eigenvalue weighted by atomic mass is 10.2. The molecule has 1 aromatic heterocycles. The first-order valence-electron chi connectivity index (χ1n) is 7.53. The zero-order valence-electron chi connectivity index (χ0n) is 12.7. The van der Waals surface area contributed by atoms with Crippen molar-refractivity contribution in [3.63, 3.8) is 0 Å². The van der Waals surface area contributed by atoms with E-state index in [9.17, 15) is 4.79 Å². The minimum Gasteiger partial charge on any atom is -0.340 e. The van der Waals surface area contributed by atoms with Gasteiger partial charge in [-0.05, 0) is 24.4 Å². The van der Waals surface area contributed by atoms with Crippen molar-refractivity contribution in [2.75, 3.05) is 45.8 Å². The monoisotopic (exact) mass is 331 g/mol. The molecule has 0 radical (unpaired) electrons. The number of likely N-dealkylation sites (N-methyl/N-ethyl adjacent to an activating group) is 1. The molecule has 1 saturated heterocycles. The molecule has 120 valence electrons. The number of thiophene rings is 1. The van der Waals surface area contributed by atoms with Gasteiger partial charge in [0.15, 0.2) is 0 Å². The number of piperazine rings is 1. The first-order chi connectivity index (χ1) is 9.79. The Hall–Kier alpha value is -0.620. The molecule has 0 saturated carbocycles. The molecule has 1 amide bonds. The zero-order chi connectivity index (χ0) is 14.2. The first kappa shape index (κ1) is 18.4. The van der Waals surface area contributed by atoms with Gasteiger partial charge in [0.1, 0.15) is 0 Å². The molecule has 2 heterocycles. The van der Waals surface area contributed by atoms with Gasteiger partial charge in [-0.1, -0.05) is 13.0 Å². The highest BCUT2D eigenvalue weighted by Gasteiger charge is 2.16. The van der Waals surface area contributed by atoms with Crippen molar-refractivity contribution in [2.24, 2.45) is 0 Å². The Bertz CT molecular complexity index is 394. The van der Waals surface area contributed by atoms with Crippen molar-refractivity contribution in [3.8, 4) is 0 Å². The van der Waals surface area contributed by atoms with Gasteiger partial charge in [0.25, 0.3) is 0 Å². The second-order valence-corrected chi connectivity index (χ2v) is 6.18. The molecule has 6 heteroatoms. The average Bonchev–Trinajstić information content (AvgIpc) is 3.01. The predicted molar refractivity (Wildman–Crippen MR) is 91.5 cm³/mol. The predicted octanol–water partition coefficient (Wildman–Crippen LogP) is 1.86. The molecule has 0 bridgehead atoms. The van der Waals surface area contributed by atoms with E-state index >= 15 is 0 Å². The summed E-state index contributed by atoms with van der Waals surface area (Å²) >= 11 is 1.81. The second-order valence-electron chi connectivity index (χ2n) is 5.14. The van der Waals surface area contributed by atoms with E-state index in [-0.39, 0.29) is 12.4 Å². The summed E-state index contributed by atoms with van der Waals surface area (Å²) in [6.45, 7) is 8.70. The van der Waals surface area contributed by atoms with Gasteiger partial charge in [-0.3, -0.25) is 4.79 Å². The van der Waals surface area contributed by atoms with Crippen LogP contribution in [0.25, 0.3) is 0 Å². The van der Waals surface area contributed by atoms with Gasteiger partial charge >= 0.3 is 0 Å². The molecule has 21 heavy (non-hydrogen) atoms. The SMILES string of the molecule is CCN(CCC(=O)N1CCNCC1)CCc1cccs1.Cl. The molecule has 4 nitrogen and oxygen atoms in total. The average molecular weight is 332 g/mol. The highest BCUT2D eigenvalue weighted by Crippen LogP contribution is 2.10. The number of halogens is 1. The normalized spacial score (nSPS) is 15.0. The van der Waals surface area contributed by atoms with Crippen molar-refractivity contribution in [1.29, 1.82) is 0 Å². The van der Waals surface area contributed by atoms with Crippen LogP contribution in [0.5, 0.6) is 0 Å². The standard InChI is InChI=1S/C15H25N3OS.ClH/c1-2-17(9-5-14-4-3-13-20-14)10-6-15(19)18-11-7-16-8-12-18;/h3-4,13,16H,2,5-12H2,1H3;1H. The van der Waals surface area contributed by atoms with Crippen LogP contribution in [0.1, 0.15) is 18.2 Å². The number of rotatable bonds is 7. The third-order valence-corrected chi connectivity index (χ3v) is 4.75. The molecule has 1 aliphatic rings. The minimum absolute atomic E-state index is 0. The molecule has 0 atom stereocenters. The number of carbonyl (C=O) groups excluding carboxylic acids is 1. The van der Waals surface area contributed by atoms with E-state index in [0.717, 1.165) is 52.2 Å². The van der Waals surface area contributed by atoms with E-state index in [1.54, 1.807) is 0 Å². The number of amides is 1. The Labute approximate surface area is 137 Å². The fraction of sp³-hybridized carbons (Fsp3) is 0.667. The summed E-state index contributed by atoms with van der Waals surface area (Å²) in [6, 6.07) is 4.29. The van der Waals surface area contributed by atoms with Gasteiger partial charge in [-0.25, -0.2) is 0 Å². The molecule has 1 N–H and O–H groups in total. The molecule has 1 fully saturated rings. The third kappa shape index (κ3) is 6.34. The third-order valence-electron chi connectivity index (χ3n) is 3.81. The van der Waals surface area contributed by atoms with Crippen molar-refractivity contribution < 1.29 is 4.79 Å². The Morgan fingerprint density at radius 1 is 1.38 bits per heavy atom. The van der Waals surface area contributed by atoms with Crippen molar-refractivity contribution in [1.82, 2.24) is 15.1 Å². The number of carbonyl (C=O) groups is 1. The Morgan fingerprint density at radius 2 is 2.14 bits per heavy atom. The van der Waals surface area contributed by atoms with Crippen molar-refractivity contribution in [3.05, 3.63) is 22.4 Å². The molecule has 0 aliphatic carbocycles. The molecular formula is C15H26ClN3OS. The molecule has 1 aliphatic heterocycles. The molecular weight excluding hydrogens is 306 g/mol. The lowest BCUT2D eigenvalue weighted by Gasteiger charge is -2.28. The fourth-order valence-corrected chi connectivity index (χ4v) is 3.18. The van der Waals surface area contributed by atoms with E-state index in [2.05, 4.69) is 34.7 Å². The smallest absolute Gasteiger partial charge is 0.223 e. The van der Waals surface area contributed by atoms with E-state index in [4.69, 9.17) is 0 Å². The van der Waals surface area contributed by atoms with Crippen molar-refractivity contribution in [2.45, 2.75) is 19.8 Å². The molecule has 1 aromatic rings. The van der Waals surface area contributed by atoms with Gasteiger partial charge in [0, 0.05) is 50.6 Å². The van der Waals surface area contributed by atoms with E-state index in [1.165, 1.54) is 4.88 Å². The number of nitrogens with one attached hydrogen (secondary N) is 1. The maximum absolute atomic E-state index is 12.1. The topological polar surface area (TPSA) is 35.6 Å². The lowest BCUT2D eigenvalue weighted by Crippen LogP contribution is -2.47. The van der Waals surface area contributed by atoms with E-state index in [0.29, 0.717) is 12.3 Å². The van der Waals surface area contributed by atoms with Gasteiger partial charge in [-0.2, -0.15) is 0 Å². The largest absolute Gasteiger partial charge is 0.340 e. The van der Waals surface area contributed by atoms with Crippen LogP contribution in [0.2, 0.25) is 0 Å². The van der Waals surface area contributed by atoms with Gasteiger partial charge < -0.3 is 15.1 Å². The fourth-order valence-electron chi connectivity index (χ4n) is 2.48. The van der Waals surface area contributed by atoms with Crippen LogP contribution in [0.4, 0.5) is 0 Å². The summed E-state index contributed by atoms with van der Waals surface area (Å²) in [4.78, 5) is 17.9. The Kier molecular flexibility index (Phi) is 8.92. The maximum Gasteiger partial charge on any atom is 0.223 e. The van der Waals surface area contributed by atoms with E-state index in [1.807, 2.05) is 16.2 Å². The highest BCUT2D eigenvalue weighted by molar-refractivity contribution is 7.09. The summed E-state index contributed by atoms with van der Waals surface area (Å²) in [5, 5.41) is 5.40. The summed E-state index contributed by atoms with van der Waals surface area (Å²) in [7, 11) is 0. The number of nitrogens with zero attached hydrogens (tertiary/aromatic N) is 2. The summed E-state index contributed by atoms with van der Waals surface area (Å²) < 4.78 is 0. The summed E-state index contributed by atoms with van der Waals surface area (Å²) in [6.07, 6.45) is 1.74. The number of hydrogen-bond acceptors (Lipinski definition) is 4. The van der Waals surface area contributed by atoms with Crippen LogP contribution < -0.4 is 5.32 Å². The van der Waals surface area contributed by atoms with Gasteiger partial charge in [-0.15, -0.1) is 23.7 Å². The maximum atomic E-state index is 12.1. The van der Waals surface area contributed by atoms with Crippen LogP contribution in [0.15, 0.2) is 17.5 Å². The highest BCUT2D eigenvalue weighted by atomic mass is 35.5. The van der Waals surface area contributed by atoms with Crippen LogP contribution in [-0.2, 0) is 11.2 Å². The minimum atomic E-state index is 0. The second kappa shape index (κ2) is 10.2. The lowest BCUT2D eigenvalue weighted by molar-refractivity contribution is -0.132. The van der Waals surface area contributed by atoms with Crippen LogP contribution >= 0.6 is 23.7 Å². The molecule has 0 unspecified atom stereocenters. The summed E-state index contributed by atoms with van der Waals surface area (Å²) in [5.74, 6) is 0.307. The molecule has 0 spiro atoms. The van der Waals surface area contributed by atoms with Crippen LogP contribution in [0.3, 0.4) is 0 Å². The van der Waals surface area contributed by atoms with E-state index < -0.39 is 0 Å². The van der Waals surface area contributed by atoms with Gasteiger partial charge in [0.2, 0.25) is 5.91 Å². The van der Waals surface area contributed by atoms with Crippen LogP contribution in [-0.4, -0.2) is 61.5 Å². The Balaban J connectivity index is 0.00000220. The zero-order valence-corrected chi connectivity index (χ0v) is 14.3. The number of hydrogen-bond donors (Lipinski definition) is 1. The van der Waals surface area contributed by atoms with Crippen LogP contribution in [0, 0.1) is 0 Å². The summed E-state index contributed by atoms with van der Waals surface area (Å²) in [5.41, 5.74) is 0. The molecule has 0 aromatic carbocycles. The first-order valence-corrected chi connectivity index (χ1v) is 8.41. The molecule has 2 rings (SSSR count). The quantitative estimate of drug-likeness (QED) is 0.828. The Morgan fingerprint density at radius 3 is 2.76 bits per heavy atom.